The summed E-state index contributed by atoms with van der Waals surface area (Å²) < 4.78 is 77.1. The van der Waals surface area contributed by atoms with Crippen molar-refractivity contribution in [2.45, 2.75) is 50.3 Å². The fourth-order valence-electron chi connectivity index (χ4n) is 6.59. The van der Waals surface area contributed by atoms with Gasteiger partial charge in [-0.3, -0.25) is 0 Å². The predicted molar refractivity (Wildman–Crippen MR) is 215 cm³/mol. The van der Waals surface area contributed by atoms with Gasteiger partial charge < -0.3 is 28.1 Å². The molecule has 0 unspecified atom stereocenters. The third-order valence-corrected chi connectivity index (χ3v) is 12.5. The number of rotatable bonds is 14. The molecule has 60 heavy (non-hydrogen) atoms. The molecule has 6 aromatic heterocycles. The molecule has 0 radical (unpaired) electrons. The molecule has 22 heteroatoms. The third-order valence-electron chi connectivity index (χ3n) is 9.47. The molecule has 0 spiro atoms. The molecule has 0 aliphatic carbocycles. The summed E-state index contributed by atoms with van der Waals surface area (Å²) in [7, 11) is -3.79. The summed E-state index contributed by atoms with van der Waals surface area (Å²) in [4.78, 5) is 25.2. The Morgan fingerprint density at radius 3 is 1.40 bits per heavy atom. The molecular formula is C38H44N12O8S2. The van der Waals surface area contributed by atoms with Gasteiger partial charge in [0.1, 0.15) is 48.0 Å². The number of ether oxygens (including phenoxy) is 4. The highest BCUT2D eigenvalue weighted by molar-refractivity contribution is 7.90. The number of pyridine rings is 2. The van der Waals surface area contributed by atoms with Crippen molar-refractivity contribution in [2.75, 3.05) is 52.2 Å². The molecule has 8 heterocycles. The minimum absolute atomic E-state index is 0.0815. The summed E-state index contributed by atoms with van der Waals surface area (Å²) in [6, 6.07) is 6.64. The number of hydrogen-bond donors (Lipinski definition) is 0. The van der Waals surface area contributed by atoms with E-state index in [0.29, 0.717) is 71.0 Å². The summed E-state index contributed by atoms with van der Waals surface area (Å²) in [5.41, 5.74) is 3.18. The Kier molecular flexibility index (Phi) is 13.1. The van der Waals surface area contributed by atoms with Gasteiger partial charge in [-0.25, -0.2) is 46.7 Å². The molecule has 8 rings (SSSR count). The van der Waals surface area contributed by atoms with E-state index >= 15 is 0 Å². The zero-order chi connectivity index (χ0) is 42.3. The van der Waals surface area contributed by atoms with Crippen LogP contribution < -0.4 is 9.47 Å². The van der Waals surface area contributed by atoms with Crippen LogP contribution in [0, 0.1) is 13.8 Å². The fraction of sp³-hybridized carbons (Fsp3) is 0.421. The van der Waals surface area contributed by atoms with Crippen molar-refractivity contribution in [1.29, 1.82) is 0 Å². The SMILES string of the molecule is COC[C@@H]1COc2ncccc2-c2nnc(CS(=O)(=O)CCc3ncc(C)cn3)n21.COC[C@H]1COc2ncccc2-c2nnc(CS(=O)(=O)CCc3ncc(C)cn3)n21. The van der Waals surface area contributed by atoms with Crippen LogP contribution in [0.25, 0.3) is 22.8 Å². The van der Waals surface area contributed by atoms with Gasteiger partial charge in [-0.2, -0.15) is 0 Å². The van der Waals surface area contributed by atoms with E-state index in [1.807, 2.05) is 26.0 Å². The zero-order valence-electron chi connectivity index (χ0n) is 33.4. The van der Waals surface area contributed by atoms with Gasteiger partial charge in [0.15, 0.2) is 31.3 Å². The smallest absolute Gasteiger partial charge is 0.224 e. The van der Waals surface area contributed by atoms with Gasteiger partial charge >= 0.3 is 0 Å². The van der Waals surface area contributed by atoms with Crippen LogP contribution in [0.2, 0.25) is 0 Å². The normalized spacial score (nSPS) is 15.7. The molecule has 0 saturated carbocycles. The minimum Gasteiger partial charge on any atom is -0.475 e. The molecule has 0 saturated heterocycles. The predicted octanol–water partition coefficient (Wildman–Crippen LogP) is 2.35. The summed E-state index contributed by atoms with van der Waals surface area (Å²) >= 11 is 0. The van der Waals surface area contributed by atoms with Crippen molar-refractivity contribution in [3.63, 3.8) is 0 Å². The number of methoxy groups -OCH3 is 2. The van der Waals surface area contributed by atoms with E-state index in [1.54, 1.807) is 72.7 Å². The molecule has 2 aliphatic heterocycles. The molecule has 0 N–H and O–H groups in total. The lowest BCUT2D eigenvalue weighted by molar-refractivity contribution is 0.123. The van der Waals surface area contributed by atoms with E-state index in [0.717, 1.165) is 11.1 Å². The van der Waals surface area contributed by atoms with Crippen molar-refractivity contribution in [3.05, 3.63) is 95.9 Å². The van der Waals surface area contributed by atoms with Crippen LogP contribution in [-0.4, -0.2) is 128 Å². The fourth-order valence-corrected chi connectivity index (χ4v) is 9.04. The van der Waals surface area contributed by atoms with E-state index in [-0.39, 0.29) is 61.2 Å². The molecule has 2 aliphatic rings. The maximum atomic E-state index is 12.8. The third kappa shape index (κ3) is 10.1. The van der Waals surface area contributed by atoms with Crippen LogP contribution in [0.15, 0.2) is 61.4 Å². The number of nitrogens with zero attached hydrogens (tertiary/aromatic N) is 12. The van der Waals surface area contributed by atoms with Crippen molar-refractivity contribution in [3.8, 4) is 34.5 Å². The van der Waals surface area contributed by atoms with Gasteiger partial charge in [-0.05, 0) is 49.2 Å². The van der Waals surface area contributed by atoms with Crippen molar-refractivity contribution < 1.29 is 35.8 Å². The molecule has 20 nitrogen and oxygen atoms in total. The lowest BCUT2D eigenvalue weighted by Gasteiger charge is -2.18. The summed E-state index contributed by atoms with van der Waals surface area (Å²) in [5.74, 6) is 2.94. The Morgan fingerprint density at radius 1 is 0.617 bits per heavy atom. The maximum Gasteiger partial charge on any atom is 0.224 e. The molecule has 316 valence electrons. The first-order chi connectivity index (χ1) is 28.9. The Bertz CT molecular complexity index is 2440. The van der Waals surface area contributed by atoms with Gasteiger partial charge in [-0.1, -0.05) is 0 Å². The summed E-state index contributed by atoms with van der Waals surface area (Å²) in [5, 5.41) is 16.9. The van der Waals surface area contributed by atoms with Crippen LogP contribution in [-0.2, 0) is 53.5 Å². The number of hydrogen-bond acceptors (Lipinski definition) is 18. The van der Waals surface area contributed by atoms with Crippen LogP contribution in [0.1, 0.15) is 46.5 Å². The van der Waals surface area contributed by atoms with Gasteiger partial charge in [0.05, 0.1) is 47.9 Å². The summed E-state index contributed by atoms with van der Waals surface area (Å²) in [6.45, 7) is 4.95. The Hall–Kier alpha value is -5.84. The maximum absolute atomic E-state index is 12.8. The number of aromatic nitrogens is 12. The van der Waals surface area contributed by atoms with E-state index in [4.69, 9.17) is 18.9 Å². The average Bonchev–Trinajstić information content (AvgIpc) is 3.75. The van der Waals surface area contributed by atoms with E-state index in [1.165, 1.54) is 0 Å². The first kappa shape index (κ1) is 42.3. The minimum atomic E-state index is -3.47. The monoisotopic (exact) mass is 860 g/mol. The van der Waals surface area contributed by atoms with Gasteiger partial charge in [0, 0.05) is 64.2 Å². The van der Waals surface area contributed by atoms with Gasteiger partial charge in [0.2, 0.25) is 11.8 Å². The highest BCUT2D eigenvalue weighted by Gasteiger charge is 2.32. The highest BCUT2D eigenvalue weighted by atomic mass is 32.2. The van der Waals surface area contributed by atoms with Crippen molar-refractivity contribution >= 4 is 19.7 Å². The first-order valence-corrected chi connectivity index (χ1v) is 22.6. The zero-order valence-corrected chi connectivity index (χ0v) is 35.1. The molecular weight excluding hydrogens is 817 g/mol. The number of fused-ring (bicyclic) bond motifs is 6. The largest absolute Gasteiger partial charge is 0.475 e. The first-order valence-electron chi connectivity index (χ1n) is 18.9. The van der Waals surface area contributed by atoms with E-state index in [2.05, 4.69) is 50.3 Å². The standard InChI is InChI=1S/2C19H22N6O4S/c2*1-13-8-21-16(22-9-13)5-7-30(26,27)12-17-23-24-18-15-4-3-6-20-19(15)29-11-14(10-28-2)25(17)18/h2*3-4,6,8-9,14H,5,7,10-12H2,1-2H3/t2*14-/m10/s1. The lowest BCUT2D eigenvalue weighted by Crippen LogP contribution is -2.24. The number of sulfone groups is 2. The quantitative estimate of drug-likeness (QED) is 0.153. The van der Waals surface area contributed by atoms with Crippen LogP contribution in [0.3, 0.4) is 0 Å². The van der Waals surface area contributed by atoms with Crippen LogP contribution >= 0.6 is 0 Å². The van der Waals surface area contributed by atoms with E-state index in [9.17, 15) is 16.8 Å². The molecule has 0 bridgehead atoms. The lowest BCUT2D eigenvalue weighted by atomic mass is 10.2. The second-order valence-corrected chi connectivity index (χ2v) is 18.6. The molecule has 0 aromatic carbocycles. The molecule has 0 fully saturated rings. The topological polar surface area (TPSA) is 244 Å². The van der Waals surface area contributed by atoms with Crippen LogP contribution in [0.5, 0.6) is 11.8 Å². The van der Waals surface area contributed by atoms with Crippen molar-refractivity contribution in [2.24, 2.45) is 0 Å². The number of aryl methyl sites for hydroxylation is 4. The Morgan fingerprint density at radius 2 is 1.02 bits per heavy atom. The van der Waals surface area contributed by atoms with Crippen LogP contribution in [0.4, 0.5) is 0 Å². The Labute approximate surface area is 346 Å². The average molecular weight is 861 g/mol. The van der Waals surface area contributed by atoms with Gasteiger partial charge in [0.25, 0.3) is 0 Å². The molecule has 6 aromatic rings. The summed E-state index contributed by atoms with van der Waals surface area (Å²) in [6.07, 6.45) is 10.4. The second-order valence-electron chi connectivity index (χ2n) is 14.2. The Balaban J connectivity index is 0.000000181. The van der Waals surface area contributed by atoms with Crippen molar-refractivity contribution in [1.82, 2.24) is 59.4 Å². The molecule has 2 atom stereocenters. The second kappa shape index (κ2) is 18.6. The highest BCUT2D eigenvalue weighted by Crippen LogP contribution is 2.35. The molecule has 0 amide bonds. The van der Waals surface area contributed by atoms with Gasteiger partial charge in [-0.15, -0.1) is 20.4 Å². The van der Waals surface area contributed by atoms with E-state index < -0.39 is 19.7 Å².